The molecule has 4 heterocycles. The summed E-state index contributed by atoms with van der Waals surface area (Å²) in [7, 11) is 0. The Hall–Kier alpha value is -3.37. The second kappa shape index (κ2) is 8.10. The van der Waals surface area contributed by atoms with E-state index in [0.717, 1.165) is 6.42 Å². The van der Waals surface area contributed by atoms with Crippen LogP contribution in [-0.4, -0.2) is 61.3 Å². The van der Waals surface area contributed by atoms with E-state index in [1.807, 2.05) is 32.9 Å². The van der Waals surface area contributed by atoms with E-state index in [4.69, 9.17) is 4.74 Å². The number of nitrogens with one attached hydrogen (secondary N) is 1. The molecule has 1 aliphatic carbocycles. The summed E-state index contributed by atoms with van der Waals surface area (Å²) < 4.78 is 47.9. The second-order valence-electron chi connectivity index (χ2n) is 10.2. The van der Waals surface area contributed by atoms with Crippen molar-refractivity contribution in [2.75, 3.05) is 18.4 Å². The third-order valence-corrected chi connectivity index (χ3v) is 6.38. The van der Waals surface area contributed by atoms with Crippen molar-refractivity contribution in [3.8, 4) is 11.4 Å². The third-order valence-electron chi connectivity index (χ3n) is 6.38. The average molecular weight is 489 g/mol. The van der Waals surface area contributed by atoms with Crippen molar-refractivity contribution in [1.82, 2.24) is 24.3 Å². The second-order valence-corrected chi connectivity index (χ2v) is 10.2. The number of fused-ring (bicyclic) bond motifs is 1. The zero-order valence-corrected chi connectivity index (χ0v) is 19.8. The Kier molecular flexibility index (Phi) is 5.41. The Bertz CT molecular complexity index is 1260. The Labute approximate surface area is 200 Å². The van der Waals surface area contributed by atoms with Crippen LogP contribution in [0.2, 0.25) is 0 Å². The number of hydrogen-bond donors (Lipinski definition) is 1. The van der Waals surface area contributed by atoms with Gasteiger partial charge < -0.3 is 15.0 Å². The molecular formula is C24H27F3N6O2. The molecule has 1 unspecified atom stereocenters. The van der Waals surface area contributed by atoms with Gasteiger partial charge in [0, 0.05) is 25.3 Å². The van der Waals surface area contributed by atoms with Crippen molar-refractivity contribution in [3.05, 3.63) is 42.5 Å². The Morgan fingerprint density at radius 2 is 1.94 bits per heavy atom. The molecule has 1 saturated carbocycles. The topological polar surface area (TPSA) is 84.6 Å². The molecule has 35 heavy (non-hydrogen) atoms. The number of carbonyl (C=O) groups excluding carboxylic acids is 1. The van der Waals surface area contributed by atoms with Gasteiger partial charge in [-0.2, -0.15) is 13.2 Å². The van der Waals surface area contributed by atoms with Gasteiger partial charge in [0.05, 0.1) is 29.5 Å². The fourth-order valence-corrected chi connectivity index (χ4v) is 4.37. The number of likely N-dealkylation sites (tertiary alicyclic amines) is 1. The average Bonchev–Trinajstić information content (AvgIpc) is 3.29. The quantitative estimate of drug-likeness (QED) is 0.568. The van der Waals surface area contributed by atoms with E-state index in [9.17, 15) is 18.0 Å². The number of pyridine rings is 1. The minimum Gasteiger partial charge on any atom is -0.444 e. The normalized spacial score (nSPS) is 19.7. The summed E-state index contributed by atoms with van der Waals surface area (Å²) >= 11 is 0. The van der Waals surface area contributed by atoms with Gasteiger partial charge in [-0.15, -0.1) is 0 Å². The van der Waals surface area contributed by atoms with Gasteiger partial charge in [0.25, 0.3) is 0 Å². The first-order valence-electron chi connectivity index (χ1n) is 11.6. The lowest BCUT2D eigenvalue weighted by Crippen LogP contribution is -2.36. The highest BCUT2D eigenvalue weighted by Crippen LogP contribution is 2.58. The van der Waals surface area contributed by atoms with Crippen LogP contribution >= 0.6 is 0 Å². The minimum atomic E-state index is -4.34. The van der Waals surface area contributed by atoms with E-state index in [0.29, 0.717) is 35.9 Å². The lowest BCUT2D eigenvalue weighted by molar-refractivity contribution is -0.161. The fourth-order valence-electron chi connectivity index (χ4n) is 4.37. The maximum Gasteiger partial charge on any atom is 0.410 e. The van der Waals surface area contributed by atoms with Gasteiger partial charge in [0.1, 0.15) is 16.8 Å². The van der Waals surface area contributed by atoms with E-state index < -0.39 is 17.2 Å². The van der Waals surface area contributed by atoms with Crippen LogP contribution in [0.25, 0.3) is 17.0 Å². The van der Waals surface area contributed by atoms with Crippen molar-refractivity contribution < 1.29 is 22.7 Å². The maximum atomic E-state index is 13.6. The molecule has 1 saturated heterocycles. The van der Waals surface area contributed by atoms with Crippen molar-refractivity contribution in [1.29, 1.82) is 0 Å². The molecule has 1 aliphatic heterocycles. The van der Waals surface area contributed by atoms with E-state index in [2.05, 4.69) is 20.3 Å². The highest BCUT2D eigenvalue weighted by Gasteiger charge is 2.65. The van der Waals surface area contributed by atoms with Crippen LogP contribution in [0.1, 0.15) is 45.7 Å². The molecule has 1 N–H and O–H groups in total. The summed E-state index contributed by atoms with van der Waals surface area (Å²) in [6, 6.07) is 5.43. The predicted molar refractivity (Wildman–Crippen MR) is 123 cm³/mol. The molecule has 11 heteroatoms. The van der Waals surface area contributed by atoms with Crippen LogP contribution in [0, 0.1) is 0 Å². The van der Waals surface area contributed by atoms with Crippen LogP contribution in [0.4, 0.5) is 23.8 Å². The number of nitrogens with zero attached hydrogens (tertiary/aromatic N) is 5. The fraction of sp³-hybridized carbons (Fsp3) is 0.500. The molecule has 3 aromatic heterocycles. The molecule has 0 bridgehead atoms. The zero-order chi connectivity index (χ0) is 25.0. The van der Waals surface area contributed by atoms with Crippen molar-refractivity contribution in [2.45, 2.75) is 63.3 Å². The molecule has 0 spiro atoms. The number of rotatable bonds is 4. The number of halogens is 3. The molecule has 0 radical (unpaired) electrons. The summed E-state index contributed by atoms with van der Waals surface area (Å²) in [5, 5.41) is 3.35. The number of carbonyl (C=O) groups is 1. The van der Waals surface area contributed by atoms with Gasteiger partial charge in [-0.05, 0) is 52.2 Å². The predicted octanol–water partition coefficient (Wildman–Crippen LogP) is 4.81. The summed E-state index contributed by atoms with van der Waals surface area (Å²) in [6.45, 7) is 6.57. The Morgan fingerprint density at radius 3 is 2.63 bits per heavy atom. The summed E-state index contributed by atoms with van der Waals surface area (Å²) in [4.78, 5) is 27.0. The first kappa shape index (κ1) is 23.4. The first-order valence-corrected chi connectivity index (χ1v) is 11.6. The summed E-state index contributed by atoms with van der Waals surface area (Å²) in [5.74, 6) is 0.608. The molecule has 2 aliphatic rings. The van der Waals surface area contributed by atoms with Gasteiger partial charge in [0.15, 0.2) is 5.65 Å². The van der Waals surface area contributed by atoms with Crippen LogP contribution < -0.4 is 5.32 Å². The smallest absolute Gasteiger partial charge is 0.410 e. The highest BCUT2D eigenvalue weighted by molar-refractivity contribution is 5.69. The van der Waals surface area contributed by atoms with Gasteiger partial charge in [-0.1, -0.05) is 6.07 Å². The monoisotopic (exact) mass is 488 g/mol. The molecular weight excluding hydrogens is 461 g/mol. The lowest BCUT2D eigenvalue weighted by atomic mass is 10.0. The van der Waals surface area contributed by atoms with Crippen molar-refractivity contribution in [3.63, 3.8) is 0 Å². The first-order chi connectivity index (χ1) is 16.5. The van der Waals surface area contributed by atoms with Crippen LogP contribution in [0.15, 0.2) is 36.8 Å². The molecule has 5 rings (SSSR count). The van der Waals surface area contributed by atoms with Gasteiger partial charge in [-0.3, -0.25) is 9.38 Å². The Balaban J connectivity index is 1.35. The standard InChI is InChI=1S/C24H27F3N6O2/c1-22(2,3)35-21(34)32-10-7-15(13-32)30-19-6-4-5-16(31-19)17-11-29-20-12-28-18(14-33(17)20)23(8-9-23)24(25,26)27/h4-6,11-12,14-15H,7-10,13H2,1-3H3,(H,30,31). The van der Waals surface area contributed by atoms with Crippen LogP contribution in [0.5, 0.6) is 0 Å². The van der Waals surface area contributed by atoms with E-state index in [1.165, 1.54) is 12.4 Å². The van der Waals surface area contributed by atoms with E-state index in [-0.39, 0.29) is 30.7 Å². The Morgan fingerprint density at radius 1 is 1.17 bits per heavy atom. The molecule has 0 aromatic carbocycles. The molecule has 2 fully saturated rings. The largest absolute Gasteiger partial charge is 0.444 e. The number of imidazole rings is 1. The van der Waals surface area contributed by atoms with Gasteiger partial charge >= 0.3 is 12.3 Å². The number of alkyl halides is 3. The molecule has 8 nitrogen and oxygen atoms in total. The van der Waals surface area contributed by atoms with Crippen molar-refractivity contribution in [2.24, 2.45) is 0 Å². The van der Waals surface area contributed by atoms with E-state index in [1.54, 1.807) is 21.6 Å². The van der Waals surface area contributed by atoms with Gasteiger partial charge in [0.2, 0.25) is 0 Å². The summed E-state index contributed by atoms with van der Waals surface area (Å²) in [5.41, 5.74) is -0.834. The molecule has 3 aromatic rings. The molecule has 1 amide bonds. The van der Waals surface area contributed by atoms with Crippen LogP contribution in [-0.2, 0) is 10.2 Å². The maximum absolute atomic E-state index is 13.6. The number of ether oxygens (including phenoxy) is 1. The van der Waals surface area contributed by atoms with Crippen LogP contribution in [0.3, 0.4) is 0 Å². The number of anilines is 1. The zero-order valence-electron chi connectivity index (χ0n) is 19.8. The molecule has 1 atom stereocenters. The number of amides is 1. The number of hydrogen-bond acceptors (Lipinski definition) is 6. The minimum absolute atomic E-state index is 0.000723. The van der Waals surface area contributed by atoms with Gasteiger partial charge in [-0.25, -0.2) is 14.8 Å². The highest BCUT2D eigenvalue weighted by atomic mass is 19.4. The summed E-state index contributed by atoms with van der Waals surface area (Å²) in [6.07, 6.45) is 0.522. The third kappa shape index (κ3) is 4.51. The van der Waals surface area contributed by atoms with E-state index >= 15 is 0 Å². The SMILES string of the molecule is CC(C)(C)OC(=O)N1CCC(Nc2cccc(-c3cnc4cnc(C5(C(F)(F)F)CC5)cn34)n2)C1. The lowest BCUT2D eigenvalue weighted by Gasteiger charge is -2.24. The molecule has 186 valence electrons. The number of aromatic nitrogens is 4. The van der Waals surface area contributed by atoms with Crippen molar-refractivity contribution >= 4 is 17.6 Å².